The summed E-state index contributed by atoms with van der Waals surface area (Å²) in [5.41, 5.74) is 0.573. The number of hydrogen-bond acceptors (Lipinski definition) is 1. The highest BCUT2D eigenvalue weighted by molar-refractivity contribution is 4.95. The molecule has 0 heterocycles. The summed E-state index contributed by atoms with van der Waals surface area (Å²) in [5, 5.41) is 3.87. The second-order valence-electron chi connectivity index (χ2n) is 6.48. The van der Waals surface area contributed by atoms with E-state index in [2.05, 4.69) is 33.0 Å². The molecule has 1 heteroatoms. The van der Waals surface area contributed by atoms with E-state index in [0.29, 0.717) is 5.41 Å². The normalized spacial score (nSPS) is 46.3. The van der Waals surface area contributed by atoms with Crippen LogP contribution in [0.4, 0.5) is 0 Å². The van der Waals surface area contributed by atoms with E-state index in [9.17, 15) is 0 Å². The molecule has 2 saturated carbocycles. The molecule has 0 saturated heterocycles. The first-order chi connectivity index (χ1) is 6.48. The van der Waals surface area contributed by atoms with Crippen LogP contribution in [0.25, 0.3) is 0 Å². The van der Waals surface area contributed by atoms with Crippen LogP contribution in [-0.4, -0.2) is 12.1 Å². The molecule has 2 aliphatic rings. The highest BCUT2D eigenvalue weighted by Gasteiger charge is 2.39. The summed E-state index contributed by atoms with van der Waals surface area (Å²) < 4.78 is 0. The van der Waals surface area contributed by atoms with Gasteiger partial charge in [0.05, 0.1) is 0 Å². The standard InChI is InChI=1S/C13H25N/c1-9-5-6-11(9)14-12-8-13(3,4)7-10(12)2/h9-12,14H,5-8H2,1-4H3. The van der Waals surface area contributed by atoms with Gasteiger partial charge in [0.2, 0.25) is 0 Å². The van der Waals surface area contributed by atoms with Gasteiger partial charge in [0.15, 0.2) is 0 Å². The van der Waals surface area contributed by atoms with Crippen molar-refractivity contribution < 1.29 is 0 Å². The van der Waals surface area contributed by atoms with Gasteiger partial charge in [0, 0.05) is 12.1 Å². The van der Waals surface area contributed by atoms with Crippen LogP contribution in [0, 0.1) is 17.3 Å². The minimum atomic E-state index is 0.573. The van der Waals surface area contributed by atoms with Crippen molar-refractivity contribution in [2.24, 2.45) is 17.3 Å². The lowest BCUT2D eigenvalue weighted by atomic mass is 9.80. The maximum absolute atomic E-state index is 3.87. The van der Waals surface area contributed by atoms with Crippen molar-refractivity contribution in [3.63, 3.8) is 0 Å². The van der Waals surface area contributed by atoms with Crippen molar-refractivity contribution in [1.29, 1.82) is 0 Å². The SMILES string of the molecule is CC1CCC1NC1CC(C)(C)CC1C. The Balaban J connectivity index is 1.86. The van der Waals surface area contributed by atoms with Crippen molar-refractivity contribution >= 4 is 0 Å². The Morgan fingerprint density at radius 2 is 1.64 bits per heavy atom. The molecule has 14 heavy (non-hydrogen) atoms. The minimum Gasteiger partial charge on any atom is -0.311 e. The second kappa shape index (κ2) is 3.52. The lowest BCUT2D eigenvalue weighted by molar-refractivity contribution is 0.196. The van der Waals surface area contributed by atoms with Crippen LogP contribution in [0.3, 0.4) is 0 Å². The first-order valence-corrected chi connectivity index (χ1v) is 6.24. The number of nitrogens with one attached hydrogen (secondary N) is 1. The van der Waals surface area contributed by atoms with Crippen LogP contribution in [0.2, 0.25) is 0 Å². The van der Waals surface area contributed by atoms with E-state index in [1.807, 2.05) is 0 Å². The summed E-state index contributed by atoms with van der Waals surface area (Å²) in [5.74, 6) is 1.80. The molecule has 0 amide bonds. The minimum absolute atomic E-state index is 0.573. The van der Waals surface area contributed by atoms with Crippen molar-refractivity contribution in [3.8, 4) is 0 Å². The highest BCUT2D eigenvalue weighted by Crippen LogP contribution is 2.42. The van der Waals surface area contributed by atoms with E-state index in [1.54, 1.807) is 0 Å². The van der Waals surface area contributed by atoms with E-state index in [4.69, 9.17) is 0 Å². The van der Waals surface area contributed by atoms with Gasteiger partial charge < -0.3 is 5.32 Å². The monoisotopic (exact) mass is 195 g/mol. The zero-order chi connectivity index (χ0) is 10.3. The number of rotatable bonds is 2. The third-order valence-corrected chi connectivity index (χ3v) is 4.38. The molecule has 4 atom stereocenters. The van der Waals surface area contributed by atoms with Gasteiger partial charge in [-0.3, -0.25) is 0 Å². The third kappa shape index (κ3) is 1.98. The second-order valence-corrected chi connectivity index (χ2v) is 6.48. The van der Waals surface area contributed by atoms with E-state index in [-0.39, 0.29) is 0 Å². The van der Waals surface area contributed by atoms with Crippen LogP contribution in [-0.2, 0) is 0 Å². The van der Waals surface area contributed by atoms with E-state index >= 15 is 0 Å². The molecular weight excluding hydrogens is 170 g/mol. The third-order valence-electron chi connectivity index (χ3n) is 4.38. The maximum Gasteiger partial charge on any atom is 0.0101 e. The van der Waals surface area contributed by atoms with Crippen LogP contribution in [0.15, 0.2) is 0 Å². The predicted molar refractivity (Wildman–Crippen MR) is 61.3 cm³/mol. The summed E-state index contributed by atoms with van der Waals surface area (Å²) in [7, 11) is 0. The van der Waals surface area contributed by atoms with E-state index in [1.165, 1.54) is 25.7 Å². The molecule has 0 radical (unpaired) electrons. The molecule has 82 valence electrons. The van der Waals surface area contributed by atoms with Crippen LogP contribution in [0.1, 0.15) is 53.4 Å². The Labute approximate surface area is 88.7 Å². The zero-order valence-corrected chi connectivity index (χ0v) is 10.1. The molecule has 2 aliphatic carbocycles. The molecule has 4 unspecified atom stereocenters. The Hall–Kier alpha value is -0.0400. The van der Waals surface area contributed by atoms with Gasteiger partial charge in [-0.05, 0) is 42.9 Å². The molecule has 2 rings (SSSR count). The van der Waals surface area contributed by atoms with Gasteiger partial charge in [-0.25, -0.2) is 0 Å². The lowest BCUT2D eigenvalue weighted by Crippen LogP contribution is -2.48. The van der Waals surface area contributed by atoms with E-state index in [0.717, 1.165) is 23.9 Å². The Morgan fingerprint density at radius 1 is 0.929 bits per heavy atom. The molecule has 2 fully saturated rings. The largest absolute Gasteiger partial charge is 0.311 e. The van der Waals surface area contributed by atoms with Crippen molar-refractivity contribution in [2.75, 3.05) is 0 Å². The predicted octanol–water partition coefficient (Wildman–Crippen LogP) is 3.20. The summed E-state index contributed by atoms with van der Waals surface area (Å²) in [6.45, 7) is 9.62. The molecule has 0 spiro atoms. The Bertz CT molecular complexity index is 209. The van der Waals surface area contributed by atoms with Gasteiger partial charge in [-0.15, -0.1) is 0 Å². The van der Waals surface area contributed by atoms with E-state index < -0.39 is 0 Å². The van der Waals surface area contributed by atoms with Gasteiger partial charge in [0.1, 0.15) is 0 Å². The molecule has 1 nitrogen and oxygen atoms in total. The summed E-state index contributed by atoms with van der Waals surface area (Å²) >= 11 is 0. The summed E-state index contributed by atoms with van der Waals surface area (Å²) in [6.07, 6.45) is 5.61. The lowest BCUT2D eigenvalue weighted by Gasteiger charge is -2.38. The molecule has 0 aromatic carbocycles. The Morgan fingerprint density at radius 3 is 2.00 bits per heavy atom. The van der Waals surface area contributed by atoms with Crippen molar-refractivity contribution in [3.05, 3.63) is 0 Å². The van der Waals surface area contributed by atoms with Crippen molar-refractivity contribution in [1.82, 2.24) is 5.32 Å². The van der Waals surface area contributed by atoms with Crippen LogP contribution in [0.5, 0.6) is 0 Å². The van der Waals surface area contributed by atoms with Gasteiger partial charge in [0.25, 0.3) is 0 Å². The van der Waals surface area contributed by atoms with Crippen molar-refractivity contribution in [2.45, 2.75) is 65.5 Å². The highest BCUT2D eigenvalue weighted by atomic mass is 15.0. The van der Waals surface area contributed by atoms with Crippen LogP contribution >= 0.6 is 0 Å². The molecule has 0 aliphatic heterocycles. The summed E-state index contributed by atoms with van der Waals surface area (Å²) in [4.78, 5) is 0. The zero-order valence-electron chi connectivity index (χ0n) is 10.1. The van der Waals surface area contributed by atoms with Gasteiger partial charge in [-0.2, -0.15) is 0 Å². The average molecular weight is 195 g/mol. The topological polar surface area (TPSA) is 12.0 Å². The fourth-order valence-electron chi connectivity index (χ4n) is 3.31. The molecule has 0 aromatic rings. The van der Waals surface area contributed by atoms with Gasteiger partial charge in [-0.1, -0.05) is 27.7 Å². The molecule has 0 bridgehead atoms. The molecule has 0 aromatic heterocycles. The molecule has 1 N–H and O–H groups in total. The van der Waals surface area contributed by atoms with Crippen LogP contribution < -0.4 is 5.32 Å². The summed E-state index contributed by atoms with van der Waals surface area (Å²) in [6, 6.07) is 1.62. The fraction of sp³-hybridized carbons (Fsp3) is 1.00. The Kier molecular flexibility index (Phi) is 2.63. The number of hydrogen-bond donors (Lipinski definition) is 1. The average Bonchev–Trinajstić information content (AvgIpc) is 2.33. The first-order valence-electron chi connectivity index (χ1n) is 6.24. The quantitative estimate of drug-likeness (QED) is 0.713. The fourth-order valence-corrected chi connectivity index (χ4v) is 3.31. The van der Waals surface area contributed by atoms with Gasteiger partial charge >= 0.3 is 0 Å². The first kappa shape index (κ1) is 10.5. The smallest absolute Gasteiger partial charge is 0.0101 e. The molecular formula is C13H25N. The maximum atomic E-state index is 3.87.